The zero-order chi connectivity index (χ0) is 24.5. The molecule has 3 aromatic carbocycles. The lowest BCUT2D eigenvalue weighted by atomic mass is 10.1. The number of aryl methyl sites for hydroxylation is 1. The van der Waals surface area contributed by atoms with E-state index >= 15 is 0 Å². The third kappa shape index (κ3) is 4.83. The van der Waals surface area contributed by atoms with Crippen LogP contribution in [-0.2, 0) is 24.3 Å². The molecule has 0 atom stereocenters. The first-order chi connectivity index (χ1) is 16.9. The second-order valence-electron chi connectivity index (χ2n) is 8.36. The summed E-state index contributed by atoms with van der Waals surface area (Å²) in [5.41, 5.74) is 5.25. The van der Waals surface area contributed by atoms with Crippen LogP contribution in [0.4, 0.5) is 4.79 Å². The molecule has 1 saturated heterocycles. The standard InChI is InChI=1S/C28H22BrClN2O2S/c1-2-19-7-5-8-23-21(16-31(26(19)23)15-18-10-12-22(29)13-11-18)14-25-27(33)32(28(34)35-25)17-20-6-3-4-9-24(20)30/h3-14,16H,2,15,17H2,1H3/b25-14-. The lowest BCUT2D eigenvalue weighted by Crippen LogP contribution is -2.27. The van der Waals surface area contributed by atoms with Crippen molar-refractivity contribution in [3.63, 3.8) is 0 Å². The number of aromatic nitrogens is 1. The van der Waals surface area contributed by atoms with Gasteiger partial charge in [-0.3, -0.25) is 14.5 Å². The predicted molar refractivity (Wildman–Crippen MR) is 148 cm³/mol. The van der Waals surface area contributed by atoms with Gasteiger partial charge in [-0.15, -0.1) is 0 Å². The quantitative estimate of drug-likeness (QED) is 0.223. The van der Waals surface area contributed by atoms with Crippen LogP contribution in [0.2, 0.25) is 5.02 Å². The topological polar surface area (TPSA) is 42.3 Å². The van der Waals surface area contributed by atoms with E-state index in [9.17, 15) is 9.59 Å². The average molecular weight is 566 g/mol. The van der Waals surface area contributed by atoms with Gasteiger partial charge in [0.15, 0.2) is 0 Å². The molecule has 35 heavy (non-hydrogen) atoms. The molecule has 2 heterocycles. The summed E-state index contributed by atoms with van der Waals surface area (Å²) < 4.78 is 3.28. The predicted octanol–water partition coefficient (Wildman–Crippen LogP) is 7.90. The fourth-order valence-electron chi connectivity index (χ4n) is 4.35. The highest BCUT2D eigenvalue weighted by molar-refractivity contribution is 9.10. The summed E-state index contributed by atoms with van der Waals surface area (Å²) in [5.74, 6) is -0.291. The molecule has 4 nitrogen and oxygen atoms in total. The van der Waals surface area contributed by atoms with Gasteiger partial charge in [0.05, 0.1) is 17.0 Å². The molecule has 1 aromatic heterocycles. The van der Waals surface area contributed by atoms with Gasteiger partial charge in [-0.25, -0.2) is 0 Å². The van der Waals surface area contributed by atoms with Crippen LogP contribution in [0, 0.1) is 0 Å². The van der Waals surface area contributed by atoms with E-state index in [2.05, 4.69) is 57.9 Å². The van der Waals surface area contributed by atoms with Crippen LogP contribution in [-0.4, -0.2) is 20.6 Å². The maximum Gasteiger partial charge on any atom is 0.293 e. The average Bonchev–Trinajstić information content (AvgIpc) is 3.33. The number of hydrogen-bond acceptors (Lipinski definition) is 3. The lowest BCUT2D eigenvalue weighted by molar-refractivity contribution is -0.123. The van der Waals surface area contributed by atoms with Crippen LogP contribution >= 0.6 is 39.3 Å². The van der Waals surface area contributed by atoms with Crippen molar-refractivity contribution < 1.29 is 9.59 Å². The number of rotatable bonds is 6. The first-order valence-electron chi connectivity index (χ1n) is 11.3. The summed E-state index contributed by atoms with van der Waals surface area (Å²) in [4.78, 5) is 27.6. The van der Waals surface area contributed by atoms with Gasteiger partial charge in [-0.2, -0.15) is 0 Å². The molecule has 7 heteroatoms. The fraction of sp³-hybridized carbons (Fsp3) is 0.143. The minimum absolute atomic E-state index is 0.160. The summed E-state index contributed by atoms with van der Waals surface area (Å²) in [6.45, 7) is 3.01. The van der Waals surface area contributed by atoms with E-state index in [4.69, 9.17) is 11.6 Å². The van der Waals surface area contributed by atoms with Crippen LogP contribution in [0.25, 0.3) is 17.0 Å². The molecule has 1 aliphatic heterocycles. The normalized spacial score (nSPS) is 15.1. The number of fused-ring (bicyclic) bond motifs is 1. The van der Waals surface area contributed by atoms with Crippen LogP contribution < -0.4 is 0 Å². The molecule has 0 saturated carbocycles. The highest BCUT2D eigenvalue weighted by Gasteiger charge is 2.35. The molecular formula is C28H22BrClN2O2S. The van der Waals surface area contributed by atoms with E-state index in [1.165, 1.54) is 16.0 Å². The largest absolute Gasteiger partial charge is 0.342 e. The first-order valence-corrected chi connectivity index (χ1v) is 13.3. The number of carbonyl (C=O) groups is 2. The molecule has 0 radical (unpaired) electrons. The Labute approximate surface area is 221 Å². The van der Waals surface area contributed by atoms with Gasteiger partial charge < -0.3 is 4.57 Å². The fourth-order valence-corrected chi connectivity index (χ4v) is 5.64. The van der Waals surface area contributed by atoms with Crippen LogP contribution in [0.5, 0.6) is 0 Å². The molecule has 0 unspecified atom stereocenters. The molecule has 1 fully saturated rings. The number of benzene rings is 3. The van der Waals surface area contributed by atoms with Crippen molar-refractivity contribution in [1.29, 1.82) is 0 Å². The van der Waals surface area contributed by atoms with Crippen molar-refractivity contribution >= 4 is 67.4 Å². The molecule has 1 aliphatic rings. The van der Waals surface area contributed by atoms with Gasteiger partial charge in [0.2, 0.25) is 0 Å². The van der Waals surface area contributed by atoms with E-state index in [1.807, 2.05) is 42.5 Å². The number of para-hydroxylation sites is 1. The Bertz CT molecular complexity index is 1480. The third-order valence-corrected chi connectivity index (χ3v) is 7.91. The monoisotopic (exact) mass is 564 g/mol. The molecule has 0 spiro atoms. The number of nitrogens with zero attached hydrogens (tertiary/aromatic N) is 2. The van der Waals surface area contributed by atoms with E-state index < -0.39 is 0 Å². The zero-order valence-corrected chi connectivity index (χ0v) is 22.2. The van der Waals surface area contributed by atoms with E-state index in [-0.39, 0.29) is 17.7 Å². The van der Waals surface area contributed by atoms with Crippen molar-refractivity contribution in [2.75, 3.05) is 0 Å². The summed E-state index contributed by atoms with van der Waals surface area (Å²) in [7, 11) is 0. The summed E-state index contributed by atoms with van der Waals surface area (Å²) in [5, 5.41) is 1.33. The molecular weight excluding hydrogens is 544 g/mol. The van der Waals surface area contributed by atoms with E-state index in [0.717, 1.165) is 44.7 Å². The number of halogens is 2. The Kier molecular flexibility index (Phi) is 6.87. The Morgan fingerprint density at radius 1 is 0.943 bits per heavy atom. The minimum atomic E-state index is -0.291. The van der Waals surface area contributed by atoms with Gasteiger partial charge >= 0.3 is 0 Å². The number of hydrogen-bond donors (Lipinski definition) is 0. The van der Waals surface area contributed by atoms with Crippen molar-refractivity contribution in [2.45, 2.75) is 26.4 Å². The minimum Gasteiger partial charge on any atom is -0.342 e. The highest BCUT2D eigenvalue weighted by atomic mass is 79.9. The molecule has 176 valence electrons. The van der Waals surface area contributed by atoms with Gasteiger partial charge in [0.1, 0.15) is 0 Å². The number of amides is 2. The third-order valence-electron chi connectivity index (χ3n) is 6.11. The van der Waals surface area contributed by atoms with Gasteiger partial charge in [-0.05, 0) is 59.1 Å². The maximum absolute atomic E-state index is 13.2. The number of carbonyl (C=O) groups excluding carboxylic acids is 2. The van der Waals surface area contributed by atoms with Crippen molar-refractivity contribution in [3.05, 3.63) is 110 Å². The van der Waals surface area contributed by atoms with Crippen molar-refractivity contribution in [2.24, 2.45) is 0 Å². The molecule has 0 aliphatic carbocycles. The van der Waals surface area contributed by atoms with Gasteiger partial charge in [-0.1, -0.05) is 83.0 Å². The Morgan fingerprint density at radius 3 is 2.43 bits per heavy atom. The van der Waals surface area contributed by atoms with Gasteiger partial charge in [0.25, 0.3) is 11.1 Å². The van der Waals surface area contributed by atoms with Gasteiger partial charge in [0, 0.05) is 33.2 Å². The van der Waals surface area contributed by atoms with Crippen LogP contribution in [0.3, 0.4) is 0 Å². The summed E-state index contributed by atoms with van der Waals surface area (Å²) in [6.07, 6.45) is 4.82. The van der Waals surface area contributed by atoms with Crippen LogP contribution in [0.15, 0.2) is 82.3 Å². The highest BCUT2D eigenvalue weighted by Crippen LogP contribution is 2.36. The molecule has 0 N–H and O–H groups in total. The molecule has 5 rings (SSSR count). The Balaban J connectivity index is 1.51. The number of thioether (sulfide) groups is 1. The summed E-state index contributed by atoms with van der Waals surface area (Å²) in [6, 6.07) is 21.8. The summed E-state index contributed by atoms with van der Waals surface area (Å²) >= 11 is 10.7. The molecule has 4 aromatic rings. The Hall–Kier alpha value is -2.80. The van der Waals surface area contributed by atoms with Crippen molar-refractivity contribution in [1.82, 2.24) is 9.47 Å². The molecule has 2 amide bonds. The first kappa shape index (κ1) is 23.9. The lowest BCUT2D eigenvalue weighted by Gasteiger charge is -2.13. The SMILES string of the molecule is CCc1cccc2c(/C=C3\SC(=O)N(Cc4ccccc4Cl)C3=O)cn(Cc3ccc(Br)cc3)c12. The smallest absolute Gasteiger partial charge is 0.293 e. The Morgan fingerprint density at radius 2 is 1.69 bits per heavy atom. The second-order valence-corrected chi connectivity index (χ2v) is 10.7. The molecule has 0 bridgehead atoms. The van der Waals surface area contributed by atoms with Crippen molar-refractivity contribution in [3.8, 4) is 0 Å². The maximum atomic E-state index is 13.2. The van der Waals surface area contributed by atoms with Crippen LogP contribution in [0.1, 0.15) is 29.2 Å². The van der Waals surface area contributed by atoms with E-state index in [0.29, 0.717) is 16.5 Å². The zero-order valence-electron chi connectivity index (χ0n) is 19.0. The number of imide groups is 1. The van der Waals surface area contributed by atoms with E-state index in [1.54, 1.807) is 6.07 Å². The second kappa shape index (κ2) is 10.1.